The van der Waals surface area contributed by atoms with Crippen molar-refractivity contribution < 1.29 is 30.8 Å². The summed E-state index contributed by atoms with van der Waals surface area (Å²) in [6.45, 7) is -0.650. The zero-order chi connectivity index (χ0) is 17.4. The minimum atomic E-state index is -4.75. The fourth-order valence-electron chi connectivity index (χ4n) is 2.62. The van der Waals surface area contributed by atoms with E-state index in [9.17, 15) is 30.8 Å². The predicted molar refractivity (Wildman–Crippen MR) is 72.9 cm³/mol. The number of hydrogen-bond acceptors (Lipinski definition) is 3. The molecule has 1 heterocycles. The molecule has 2 rings (SSSR count). The average Bonchev–Trinajstić information content (AvgIpc) is 2.68. The Morgan fingerprint density at radius 3 is 2.52 bits per heavy atom. The molecule has 23 heavy (non-hydrogen) atoms. The molecule has 1 fully saturated rings. The van der Waals surface area contributed by atoms with Crippen LogP contribution < -0.4 is 5.14 Å². The number of nitrogens with two attached hydrogens (primary N) is 1. The highest BCUT2D eigenvalue weighted by molar-refractivity contribution is 7.89. The van der Waals surface area contributed by atoms with Gasteiger partial charge in [0.25, 0.3) is 0 Å². The monoisotopic (exact) mass is 354 g/mol. The maximum absolute atomic E-state index is 13.8. The maximum Gasteiger partial charge on any atom is 0.416 e. The van der Waals surface area contributed by atoms with E-state index in [0.29, 0.717) is 0 Å². The van der Waals surface area contributed by atoms with E-state index in [1.54, 1.807) is 0 Å². The Kier molecular flexibility index (Phi) is 4.67. The summed E-state index contributed by atoms with van der Waals surface area (Å²) < 4.78 is 74.6. The molecule has 0 saturated carbocycles. The summed E-state index contributed by atoms with van der Waals surface area (Å²) >= 11 is 0. The number of carbonyl (C=O) groups excluding carboxylic acids is 1. The van der Waals surface area contributed by atoms with Crippen molar-refractivity contribution in [3.05, 3.63) is 35.1 Å². The fraction of sp³-hybridized carbons (Fsp3) is 0.462. The number of hydrogen-bond donors (Lipinski definition) is 1. The van der Waals surface area contributed by atoms with Gasteiger partial charge in [0, 0.05) is 31.0 Å². The molecule has 1 aliphatic heterocycles. The Bertz CT molecular complexity index is 718. The first-order valence-electron chi connectivity index (χ1n) is 6.60. The van der Waals surface area contributed by atoms with Crippen molar-refractivity contribution in [3.8, 4) is 0 Å². The number of alkyl halides is 3. The molecule has 128 valence electrons. The Hall–Kier alpha value is -1.68. The van der Waals surface area contributed by atoms with E-state index in [4.69, 9.17) is 5.14 Å². The maximum atomic E-state index is 13.8. The third-order valence-electron chi connectivity index (χ3n) is 3.54. The molecule has 1 amide bonds. The molecule has 0 spiro atoms. The lowest BCUT2D eigenvalue weighted by Gasteiger charge is -2.20. The number of carbonyl (C=O) groups is 1. The van der Waals surface area contributed by atoms with Gasteiger partial charge in [0.15, 0.2) is 0 Å². The smallest absolute Gasteiger partial charge is 0.338 e. The van der Waals surface area contributed by atoms with Crippen LogP contribution in [0.3, 0.4) is 0 Å². The molecule has 1 unspecified atom stereocenters. The van der Waals surface area contributed by atoms with Gasteiger partial charge in [-0.15, -0.1) is 0 Å². The van der Waals surface area contributed by atoms with Gasteiger partial charge in [-0.3, -0.25) is 4.79 Å². The summed E-state index contributed by atoms with van der Waals surface area (Å²) in [6.07, 6.45) is -4.90. The molecule has 10 heteroatoms. The number of nitrogens with zero attached hydrogens (tertiary/aromatic N) is 1. The van der Waals surface area contributed by atoms with Crippen molar-refractivity contribution in [1.29, 1.82) is 0 Å². The van der Waals surface area contributed by atoms with E-state index in [2.05, 4.69) is 0 Å². The first-order valence-corrected chi connectivity index (χ1v) is 8.32. The molecule has 2 N–H and O–H groups in total. The van der Waals surface area contributed by atoms with E-state index >= 15 is 0 Å². The van der Waals surface area contributed by atoms with Gasteiger partial charge in [-0.05, 0) is 12.1 Å². The normalized spacial score (nSPS) is 19.4. The lowest BCUT2D eigenvalue weighted by atomic mass is 10.1. The average molecular weight is 354 g/mol. The van der Waals surface area contributed by atoms with E-state index < -0.39 is 57.3 Å². The largest absolute Gasteiger partial charge is 0.416 e. The van der Waals surface area contributed by atoms with Crippen molar-refractivity contribution >= 4 is 15.9 Å². The van der Waals surface area contributed by atoms with Crippen molar-refractivity contribution in [2.45, 2.75) is 19.1 Å². The van der Waals surface area contributed by atoms with Gasteiger partial charge in [0.1, 0.15) is 5.82 Å². The van der Waals surface area contributed by atoms with Crippen LogP contribution in [0.2, 0.25) is 0 Å². The first-order chi connectivity index (χ1) is 10.5. The van der Waals surface area contributed by atoms with E-state index in [1.165, 1.54) is 0 Å². The molecule has 0 aromatic heterocycles. The predicted octanol–water partition coefficient (Wildman–Crippen LogP) is 1.48. The van der Waals surface area contributed by atoms with Gasteiger partial charge in [0.05, 0.1) is 11.3 Å². The van der Waals surface area contributed by atoms with Crippen LogP contribution >= 0.6 is 0 Å². The lowest BCUT2D eigenvalue weighted by molar-refractivity contribution is -0.139. The summed E-state index contributed by atoms with van der Waals surface area (Å²) in [5.41, 5.74) is -1.79. The number of primary sulfonamides is 1. The summed E-state index contributed by atoms with van der Waals surface area (Å²) in [5, 5.41) is 4.90. The van der Waals surface area contributed by atoms with Crippen LogP contribution in [0, 0.1) is 11.7 Å². The minimum Gasteiger partial charge on any atom is -0.338 e. The summed E-state index contributed by atoms with van der Waals surface area (Å²) in [5.74, 6) is -2.66. The second-order valence-corrected chi connectivity index (χ2v) is 7.10. The summed E-state index contributed by atoms with van der Waals surface area (Å²) in [6, 6.07) is 2.56. The number of likely N-dealkylation sites (tertiary alicyclic amines) is 1. The molecular formula is C13H14F4N2O3S. The Balaban J connectivity index is 2.22. The van der Waals surface area contributed by atoms with Gasteiger partial charge in [0.2, 0.25) is 15.9 Å². The molecule has 1 saturated heterocycles. The molecule has 1 aliphatic rings. The quantitative estimate of drug-likeness (QED) is 0.832. The third kappa shape index (κ3) is 4.41. The zero-order valence-electron chi connectivity index (χ0n) is 11.8. The standard InChI is InChI=1S/C13H14F4N2O3S/c14-11-3-1-2-10(13(15,16)17)9(11)6-19-5-8(4-12(19)20)7-23(18,21)22/h1-3,8H,4-7H2,(H2,18,21,22). The fourth-order valence-corrected chi connectivity index (χ4v) is 3.50. The van der Waals surface area contributed by atoms with Gasteiger partial charge in [-0.1, -0.05) is 6.07 Å². The molecule has 0 radical (unpaired) electrons. The first kappa shape index (κ1) is 17.7. The van der Waals surface area contributed by atoms with Gasteiger partial charge in [-0.25, -0.2) is 17.9 Å². The summed E-state index contributed by atoms with van der Waals surface area (Å²) in [7, 11) is -3.80. The molecule has 1 aromatic rings. The van der Waals surface area contributed by atoms with Crippen LogP contribution in [-0.2, 0) is 27.5 Å². The van der Waals surface area contributed by atoms with E-state index in [-0.39, 0.29) is 13.0 Å². The zero-order valence-corrected chi connectivity index (χ0v) is 12.6. The van der Waals surface area contributed by atoms with Crippen molar-refractivity contribution in [3.63, 3.8) is 0 Å². The van der Waals surface area contributed by atoms with E-state index in [1.807, 2.05) is 0 Å². The number of rotatable bonds is 4. The highest BCUT2D eigenvalue weighted by atomic mass is 32.2. The third-order valence-corrected chi connectivity index (χ3v) is 4.47. The van der Waals surface area contributed by atoms with Gasteiger partial charge in [-0.2, -0.15) is 13.2 Å². The highest BCUT2D eigenvalue weighted by Crippen LogP contribution is 2.34. The molecular weight excluding hydrogens is 340 g/mol. The van der Waals surface area contributed by atoms with Crippen molar-refractivity contribution in [2.24, 2.45) is 11.1 Å². The minimum absolute atomic E-state index is 0.0824. The van der Waals surface area contributed by atoms with Crippen LogP contribution in [0.25, 0.3) is 0 Å². The molecule has 1 aromatic carbocycles. The van der Waals surface area contributed by atoms with Crippen LogP contribution in [-0.4, -0.2) is 31.5 Å². The van der Waals surface area contributed by atoms with Crippen molar-refractivity contribution in [1.82, 2.24) is 4.90 Å². The molecule has 1 atom stereocenters. The van der Waals surface area contributed by atoms with Crippen LogP contribution in [0.5, 0.6) is 0 Å². The van der Waals surface area contributed by atoms with Crippen LogP contribution in [0.4, 0.5) is 17.6 Å². The number of benzene rings is 1. The van der Waals surface area contributed by atoms with Crippen molar-refractivity contribution in [2.75, 3.05) is 12.3 Å². The second kappa shape index (κ2) is 6.08. The Labute approximate surface area is 130 Å². The highest BCUT2D eigenvalue weighted by Gasteiger charge is 2.37. The summed E-state index contributed by atoms with van der Waals surface area (Å²) in [4.78, 5) is 12.9. The van der Waals surface area contributed by atoms with Gasteiger partial charge >= 0.3 is 6.18 Å². The number of amides is 1. The molecule has 0 bridgehead atoms. The van der Waals surface area contributed by atoms with Gasteiger partial charge < -0.3 is 4.90 Å². The number of halogens is 4. The Morgan fingerprint density at radius 1 is 1.30 bits per heavy atom. The Morgan fingerprint density at radius 2 is 1.96 bits per heavy atom. The second-order valence-electron chi connectivity index (χ2n) is 5.44. The number of sulfonamides is 1. The molecule has 5 nitrogen and oxygen atoms in total. The lowest BCUT2D eigenvalue weighted by Crippen LogP contribution is -2.28. The van der Waals surface area contributed by atoms with Crippen LogP contribution in [0.15, 0.2) is 18.2 Å². The molecule has 0 aliphatic carbocycles. The SMILES string of the molecule is NS(=O)(=O)CC1CC(=O)N(Cc2c(F)cccc2C(F)(F)F)C1. The van der Waals surface area contributed by atoms with E-state index in [0.717, 1.165) is 23.1 Å². The van der Waals surface area contributed by atoms with Crippen LogP contribution in [0.1, 0.15) is 17.5 Å². The topological polar surface area (TPSA) is 80.5 Å².